The molecule has 1 aliphatic heterocycles. The van der Waals surface area contributed by atoms with Crippen molar-refractivity contribution in [3.05, 3.63) is 128 Å². The molecule has 388 valence electrons. The van der Waals surface area contributed by atoms with Crippen molar-refractivity contribution in [2.45, 2.75) is 27.7 Å². The molecule has 5 rings (SSSR count). The van der Waals surface area contributed by atoms with Gasteiger partial charge in [0.2, 0.25) is 0 Å². The third kappa shape index (κ3) is 14.1. The Labute approximate surface area is 412 Å². The number of carbonyl (C=O) groups excluding carboxylic acids is 6. The molecule has 0 bridgehead atoms. The molecule has 9 N–H and O–H groups in total. The Balaban J connectivity index is 0.925. The Morgan fingerprint density at radius 1 is 0.681 bits per heavy atom. The van der Waals surface area contributed by atoms with E-state index in [1.807, 2.05) is 0 Å². The number of anilines is 2. The normalized spacial score (nSPS) is 12.3. The number of amides is 4. The summed E-state index contributed by atoms with van der Waals surface area (Å²) in [6, 6.07) is 5.81. The lowest BCUT2D eigenvalue weighted by atomic mass is 10.0. The van der Waals surface area contributed by atoms with Gasteiger partial charge in [-0.05, 0) is 63.1 Å². The Morgan fingerprint density at radius 2 is 1.15 bits per heavy atom. The summed E-state index contributed by atoms with van der Waals surface area (Å²) in [6.45, 7) is 8.58. The third-order valence-corrected chi connectivity index (χ3v) is 11.4. The molecule has 2 aromatic heterocycles. The lowest BCUT2D eigenvalue weighted by Gasteiger charge is -2.17. The van der Waals surface area contributed by atoms with Crippen molar-refractivity contribution in [3.63, 3.8) is 0 Å². The van der Waals surface area contributed by atoms with E-state index in [1.54, 1.807) is 46.2 Å². The molecule has 0 unspecified atom stereocenters. The molecule has 0 saturated carbocycles. The quantitative estimate of drug-likeness (QED) is 0.0112. The summed E-state index contributed by atoms with van der Waals surface area (Å²) in [5.41, 5.74) is 8.29. The van der Waals surface area contributed by atoms with E-state index < -0.39 is 58.5 Å². The molecule has 0 radical (unpaired) electrons. The fourth-order valence-corrected chi connectivity index (χ4v) is 7.48. The molecule has 25 heteroatoms. The Hall–Kier alpha value is -7.58. The number of aromatic nitrogens is 2. The predicted molar refractivity (Wildman–Crippen MR) is 255 cm³/mol. The van der Waals surface area contributed by atoms with Gasteiger partial charge in [0, 0.05) is 74.1 Å². The van der Waals surface area contributed by atoms with Crippen molar-refractivity contribution in [1.82, 2.24) is 46.1 Å². The van der Waals surface area contributed by atoms with Crippen LogP contribution in [0.3, 0.4) is 0 Å². The van der Waals surface area contributed by atoms with Gasteiger partial charge in [0.25, 0.3) is 35.2 Å². The van der Waals surface area contributed by atoms with Gasteiger partial charge in [-0.15, -0.1) is 5.53 Å². The molecule has 1 aliphatic rings. The van der Waals surface area contributed by atoms with Crippen LogP contribution in [0.5, 0.6) is 0 Å². The van der Waals surface area contributed by atoms with Gasteiger partial charge in [-0.3, -0.25) is 33.8 Å². The highest BCUT2D eigenvalue weighted by atomic mass is 19.2. The zero-order chi connectivity index (χ0) is 52.8. The van der Waals surface area contributed by atoms with Crippen molar-refractivity contribution in [2.24, 2.45) is 19.9 Å². The number of Topliss-reactive ketones (excluding diaryl/α,β-unsaturated/α-hetero) is 2. The molecule has 0 atom stereocenters. The number of rotatable bonds is 26. The van der Waals surface area contributed by atoms with Crippen LogP contribution in [0.1, 0.15) is 64.2 Å². The average Bonchev–Trinajstić information content (AvgIpc) is 3.96. The smallest absolute Gasteiger partial charge is 0.292 e. The Morgan fingerprint density at radius 3 is 1.64 bits per heavy atom. The number of benzene rings is 2. The summed E-state index contributed by atoms with van der Waals surface area (Å²) >= 11 is 0. The van der Waals surface area contributed by atoms with E-state index >= 15 is 0 Å². The van der Waals surface area contributed by atoms with E-state index in [4.69, 9.17) is 20.1 Å². The van der Waals surface area contributed by atoms with Gasteiger partial charge < -0.3 is 60.4 Å². The van der Waals surface area contributed by atoms with Crippen LogP contribution in [0.25, 0.3) is 0 Å². The van der Waals surface area contributed by atoms with Gasteiger partial charge in [-0.1, -0.05) is 0 Å². The second-order valence-corrected chi connectivity index (χ2v) is 16.2. The molecule has 0 fully saturated rings. The molecule has 3 heterocycles. The van der Waals surface area contributed by atoms with Crippen LogP contribution >= 0.6 is 0 Å². The number of likely N-dealkylation sites (N-methyl/N-ethyl adjacent to an activating group) is 1. The van der Waals surface area contributed by atoms with Gasteiger partial charge >= 0.3 is 0 Å². The molecule has 72 heavy (non-hydrogen) atoms. The molecule has 4 aromatic rings. The zero-order valence-corrected chi connectivity index (χ0v) is 40.7. The standard InChI is InChI=1S/C47H58F4N12O9/c1-26-38(28(3)60(6)40(26)44(66)56-30-8-10-34(48)36(50)20-30)42(64)46(68)54-22-32(53-5)24-62(52)12-14-70-16-18-72-19-17-71-15-13-63-25-33(58-59-63)23-55-47(69)43(65)39-27(2)41(61(7)29(39)4)45(67)57-31-9-11-35(49)37(51)21-31/h8-11,20-21,24-25,53,58-59H,12-19,22-23,52H2,1-7H3,(H,54,68)(H,55,69)(H,56,66)(H,57,67). The van der Waals surface area contributed by atoms with Crippen LogP contribution in [0.4, 0.5) is 28.9 Å². The van der Waals surface area contributed by atoms with E-state index in [-0.39, 0.29) is 77.9 Å². The molecular weight excluding hydrogens is 953 g/mol. The summed E-state index contributed by atoms with van der Waals surface area (Å²) in [7, 11) is 4.71. The third-order valence-electron chi connectivity index (χ3n) is 11.4. The molecule has 0 spiro atoms. The number of nitrogens with two attached hydrogens (primary N) is 1. The molecular formula is C47H58F4N12O9. The minimum absolute atomic E-state index is 0.0105. The molecule has 0 saturated heterocycles. The zero-order valence-electron chi connectivity index (χ0n) is 40.7. The summed E-state index contributed by atoms with van der Waals surface area (Å²) in [6.07, 6.45) is 3.23. The highest BCUT2D eigenvalue weighted by Crippen LogP contribution is 2.25. The predicted octanol–water partition coefficient (Wildman–Crippen LogP) is 2.41. The maximum absolute atomic E-state index is 13.7. The van der Waals surface area contributed by atoms with Crippen LogP contribution in [-0.4, -0.2) is 127 Å². The SMILES string of the molecule is CNC(=CN(N)CCOCCOCCOCCN1C=C(CNC(=O)C(=O)c2c(C)c(C(=O)Nc3ccc(F)c(F)c3)n(C)c2C)NN1)CNC(=O)C(=O)c1c(C)c(C(=O)Nc2ccc(F)c(F)c2)n(C)c1C. The number of ether oxygens (including phenoxy) is 3. The second kappa shape index (κ2) is 25.5. The largest absolute Gasteiger partial charge is 0.389 e. The van der Waals surface area contributed by atoms with Crippen LogP contribution in [0, 0.1) is 51.0 Å². The molecule has 21 nitrogen and oxygen atoms in total. The first kappa shape index (κ1) is 55.3. The lowest BCUT2D eigenvalue weighted by molar-refractivity contribution is -0.117. The summed E-state index contributed by atoms with van der Waals surface area (Å²) in [5, 5.41) is 16.0. The van der Waals surface area contributed by atoms with Gasteiger partial charge in [-0.2, -0.15) is 0 Å². The van der Waals surface area contributed by atoms with E-state index in [1.165, 1.54) is 46.3 Å². The van der Waals surface area contributed by atoms with Crippen LogP contribution < -0.4 is 43.4 Å². The van der Waals surface area contributed by atoms with Crippen molar-refractivity contribution in [3.8, 4) is 0 Å². The Kier molecular flexibility index (Phi) is 19.6. The number of carbonyl (C=O) groups is 6. The number of nitrogens with zero attached hydrogens (tertiary/aromatic N) is 4. The average molecular weight is 1010 g/mol. The fourth-order valence-electron chi connectivity index (χ4n) is 7.48. The highest BCUT2D eigenvalue weighted by Gasteiger charge is 2.30. The Bertz CT molecular complexity index is 2760. The van der Waals surface area contributed by atoms with Crippen LogP contribution in [0.2, 0.25) is 0 Å². The van der Waals surface area contributed by atoms with Gasteiger partial charge in [-0.25, -0.2) is 23.4 Å². The number of hydrogen-bond donors (Lipinski definition) is 8. The van der Waals surface area contributed by atoms with E-state index in [9.17, 15) is 46.3 Å². The van der Waals surface area contributed by atoms with E-state index in [0.717, 1.165) is 24.3 Å². The van der Waals surface area contributed by atoms with Crippen molar-refractivity contribution >= 4 is 46.6 Å². The topological polar surface area (TPSA) is 257 Å². The second-order valence-electron chi connectivity index (χ2n) is 16.2. The maximum Gasteiger partial charge on any atom is 0.292 e. The minimum atomic E-state index is -1.14. The monoisotopic (exact) mass is 1010 g/mol. The number of nitrogens with one attached hydrogen (secondary N) is 7. The van der Waals surface area contributed by atoms with Gasteiger partial charge in [0.1, 0.15) is 11.4 Å². The first-order valence-electron chi connectivity index (χ1n) is 22.3. The van der Waals surface area contributed by atoms with Crippen LogP contribution in [-0.2, 0) is 37.9 Å². The summed E-state index contributed by atoms with van der Waals surface area (Å²) < 4.78 is 73.7. The number of halogens is 4. The summed E-state index contributed by atoms with van der Waals surface area (Å²) in [5.74, 6) is -3.21. The van der Waals surface area contributed by atoms with E-state index in [0.29, 0.717) is 55.8 Å². The van der Waals surface area contributed by atoms with E-state index in [2.05, 4.69) is 37.5 Å². The molecule has 2 aromatic carbocycles. The van der Waals surface area contributed by atoms with Crippen LogP contribution in [0.15, 0.2) is 60.2 Å². The number of ketones is 2. The lowest BCUT2D eigenvalue weighted by Crippen LogP contribution is -2.40. The highest BCUT2D eigenvalue weighted by molar-refractivity contribution is 6.44. The van der Waals surface area contributed by atoms with Gasteiger partial charge in [0.05, 0.1) is 82.6 Å². The van der Waals surface area contributed by atoms with Crippen molar-refractivity contribution in [1.29, 1.82) is 0 Å². The van der Waals surface area contributed by atoms with Gasteiger partial charge in [0.15, 0.2) is 23.3 Å². The van der Waals surface area contributed by atoms with Crippen molar-refractivity contribution in [2.75, 3.05) is 83.5 Å². The summed E-state index contributed by atoms with van der Waals surface area (Å²) in [4.78, 5) is 78.5. The number of hydrogen-bond acceptors (Lipinski definition) is 15. The molecule has 4 amide bonds. The first-order valence-corrected chi connectivity index (χ1v) is 22.3. The maximum atomic E-state index is 13.7. The fraction of sp³-hybridized carbons (Fsp3) is 0.362. The minimum Gasteiger partial charge on any atom is -0.389 e. The first-order chi connectivity index (χ1) is 34.2. The molecule has 0 aliphatic carbocycles. The van der Waals surface area contributed by atoms with Crippen molar-refractivity contribution < 1.29 is 60.5 Å². The number of hydrazine groups is 3.